The van der Waals surface area contributed by atoms with Gasteiger partial charge in [0, 0.05) is 5.56 Å². The van der Waals surface area contributed by atoms with Gasteiger partial charge < -0.3 is 28.4 Å². The molecule has 0 aliphatic carbocycles. The molecule has 0 radical (unpaired) electrons. The van der Waals surface area contributed by atoms with Gasteiger partial charge in [-0.2, -0.15) is 5.43 Å². The molecule has 0 spiro atoms. The van der Waals surface area contributed by atoms with E-state index in [4.69, 9.17) is 40.6 Å². The number of benzene rings is 2. The number of nitrogens with zero attached hydrogens (tertiary/aromatic N) is 1. The molecule has 1 amide bonds. The predicted octanol–water partition coefficient (Wildman–Crippen LogP) is 3.30. The number of hydrogen-bond donors (Lipinski definition) is 1. The molecular formula is C23H22N2O8S2. The van der Waals surface area contributed by atoms with Gasteiger partial charge in [0.25, 0.3) is 5.91 Å². The van der Waals surface area contributed by atoms with Crippen molar-refractivity contribution in [1.82, 2.24) is 10.4 Å². The summed E-state index contributed by atoms with van der Waals surface area (Å²) in [5.41, 5.74) is 4.27. The van der Waals surface area contributed by atoms with E-state index >= 15 is 0 Å². The monoisotopic (exact) mass is 518 g/mol. The first kappa shape index (κ1) is 24.6. The van der Waals surface area contributed by atoms with Gasteiger partial charge in [0.05, 0.1) is 40.5 Å². The first-order valence-corrected chi connectivity index (χ1v) is 11.4. The van der Waals surface area contributed by atoms with Crippen LogP contribution in [0.4, 0.5) is 0 Å². The molecule has 1 unspecified atom stereocenters. The van der Waals surface area contributed by atoms with Crippen molar-refractivity contribution in [2.24, 2.45) is 0 Å². The summed E-state index contributed by atoms with van der Waals surface area (Å²) in [5.74, 6) is 0.978. The molecule has 1 saturated heterocycles. The van der Waals surface area contributed by atoms with E-state index in [1.165, 1.54) is 40.6 Å². The van der Waals surface area contributed by atoms with Gasteiger partial charge in [0.2, 0.25) is 5.75 Å². The highest BCUT2D eigenvalue weighted by molar-refractivity contribution is 8.26. The number of hydrazine groups is 1. The zero-order valence-electron chi connectivity index (χ0n) is 19.5. The Morgan fingerprint density at radius 2 is 1.57 bits per heavy atom. The van der Waals surface area contributed by atoms with Gasteiger partial charge in [0.15, 0.2) is 33.5 Å². The van der Waals surface area contributed by atoms with Gasteiger partial charge in [-0.25, -0.2) is 9.80 Å². The lowest BCUT2D eigenvalue weighted by atomic mass is 10.1. The van der Waals surface area contributed by atoms with Crippen molar-refractivity contribution in [3.63, 3.8) is 0 Å². The van der Waals surface area contributed by atoms with Gasteiger partial charge in [-0.3, -0.25) is 4.79 Å². The number of fused-ring (bicyclic) bond motifs is 1. The standard InChI is InChI=1S/C23H22N2O8S2/c1-28-13-7-6-12-17(19(13)32-5)22(27)33-20(12)24-25-21(26)16(35-23(25)34)10-11-8-14(29-2)18(31-4)15(9-11)30-3/h6-10,20,24H,1-5H3/b16-10-. The topological polar surface area (TPSA) is 105 Å². The first-order chi connectivity index (χ1) is 16.9. The molecule has 0 saturated carbocycles. The number of esters is 1. The number of hydrogen-bond acceptors (Lipinski definition) is 11. The molecule has 1 N–H and O–H groups in total. The Morgan fingerprint density at radius 3 is 2.14 bits per heavy atom. The summed E-state index contributed by atoms with van der Waals surface area (Å²) in [6, 6.07) is 6.76. The molecule has 12 heteroatoms. The van der Waals surface area contributed by atoms with Crippen molar-refractivity contribution in [3.8, 4) is 28.7 Å². The van der Waals surface area contributed by atoms with Crippen LogP contribution < -0.4 is 29.1 Å². The van der Waals surface area contributed by atoms with E-state index in [1.54, 1.807) is 30.3 Å². The van der Waals surface area contributed by atoms with Gasteiger partial charge in [0.1, 0.15) is 5.56 Å². The number of nitrogens with one attached hydrogen (secondary N) is 1. The molecule has 4 rings (SSSR count). The van der Waals surface area contributed by atoms with Crippen molar-refractivity contribution < 1.29 is 38.0 Å². The van der Waals surface area contributed by atoms with Crippen LogP contribution in [-0.2, 0) is 9.53 Å². The summed E-state index contributed by atoms with van der Waals surface area (Å²) >= 11 is 6.51. The molecule has 2 aromatic carbocycles. The van der Waals surface area contributed by atoms with E-state index in [9.17, 15) is 9.59 Å². The molecule has 2 aliphatic heterocycles. The van der Waals surface area contributed by atoms with E-state index in [0.29, 0.717) is 39.0 Å². The Bertz CT molecular complexity index is 1220. The Morgan fingerprint density at radius 1 is 0.943 bits per heavy atom. The third-order valence-electron chi connectivity index (χ3n) is 5.31. The normalized spacial score (nSPS) is 18.0. The van der Waals surface area contributed by atoms with Gasteiger partial charge in [-0.05, 0) is 35.9 Å². The largest absolute Gasteiger partial charge is 0.493 e. The summed E-state index contributed by atoms with van der Waals surface area (Å²) in [5, 5.41) is 1.17. The number of amides is 1. The molecule has 35 heavy (non-hydrogen) atoms. The number of thioether (sulfide) groups is 1. The Balaban J connectivity index is 1.61. The van der Waals surface area contributed by atoms with Crippen LogP contribution in [0, 0.1) is 0 Å². The SMILES string of the molecule is COc1cc(/C=C2\SC(=S)N(NC3OC(=O)c4c3ccc(OC)c4OC)C2=O)cc(OC)c1OC. The van der Waals surface area contributed by atoms with Crippen LogP contribution in [0.25, 0.3) is 6.08 Å². The molecule has 1 fully saturated rings. The Kier molecular flexibility index (Phi) is 7.05. The minimum Gasteiger partial charge on any atom is -0.493 e. The maximum atomic E-state index is 13.2. The molecular weight excluding hydrogens is 496 g/mol. The van der Waals surface area contributed by atoms with Crippen LogP contribution in [0.1, 0.15) is 27.7 Å². The highest BCUT2D eigenvalue weighted by Crippen LogP contribution is 2.43. The number of carbonyl (C=O) groups excluding carboxylic acids is 2. The predicted molar refractivity (Wildman–Crippen MR) is 132 cm³/mol. The Hall–Kier alpha value is -3.48. The van der Waals surface area contributed by atoms with E-state index in [2.05, 4.69) is 5.43 Å². The van der Waals surface area contributed by atoms with Crippen molar-refractivity contribution in [3.05, 3.63) is 45.9 Å². The van der Waals surface area contributed by atoms with Crippen LogP contribution >= 0.6 is 24.0 Å². The minimum atomic E-state index is -0.944. The smallest absolute Gasteiger partial charge is 0.344 e. The number of methoxy groups -OCH3 is 5. The maximum absolute atomic E-state index is 13.2. The van der Waals surface area contributed by atoms with E-state index in [1.807, 2.05) is 0 Å². The molecule has 0 aromatic heterocycles. The molecule has 10 nitrogen and oxygen atoms in total. The summed E-state index contributed by atoms with van der Waals surface area (Å²) in [6.07, 6.45) is 0.717. The fourth-order valence-corrected chi connectivity index (χ4v) is 4.92. The van der Waals surface area contributed by atoms with Crippen LogP contribution in [0.5, 0.6) is 28.7 Å². The molecule has 2 heterocycles. The van der Waals surface area contributed by atoms with Crippen molar-refractivity contribution in [2.75, 3.05) is 35.5 Å². The van der Waals surface area contributed by atoms with Gasteiger partial charge in [-0.15, -0.1) is 0 Å². The maximum Gasteiger partial charge on any atom is 0.344 e. The molecule has 0 bridgehead atoms. The van der Waals surface area contributed by atoms with Crippen LogP contribution in [-0.4, -0.2) is 56.8 Å². The molecule has 2 aromatic rings. The third kappa shape index (κ3) is 4.35. The molecule has 1 atom stereocenters. The second-order valence-electron chi connectivity index (χ2n) is 7.16. The second-order valence-corrected chi connectivity index (χ2v) is 8.83. The minimum absolute atomic E-state index is 0.225. The fourth-order valence-electron chi connectivity index (χ4n) is 3.73. The highest BCUT2D eigenvalue weighted by Gasteiger charge is 2.40. The zero-order chi connectivity index (χ0) is 25.3. The number of rotatable bonds is 8. The summed E-state index contributed by atoms with van der Waals surface area (Å²) in [4.78, 5) is 26.1. The van der Waals surface area contributed by atoms with E-state index < -0.39 is 18.1 Å². The van der Waals surface area contributed by atoms with Crippen LogP contribution in [0.3, 0.4) is 0 Å². The lowest BCUT2D eigenvalue weighted by Crippen LogP contribution is -2.43. The zero-order valence-corrected chi connectivity index (χ0v) is 21.1. The quantitative estimate of drug-likeness (QED) is 0.316. The average Bonchev–Trinajstić information content (AvgIpc) is 3.32. The van der Waals surface area contributed by atoms with Gasteiger partial charge in [-0.1, -0.05) is 24.0 Å². The Labute approximate surface area is 211 Å². The molecule has 2 aliphatic rings. The van der Waals surface area contributed by atoms with Crippen molar-refractivity contribution >= 4 is 46.3 Å². The highest BCUT2D eigenvalue weighted by atomic mass is 32.2. The summed E-state index contributed by atoms with van der Waals surface area (Å²) in [6.45, 7) is 0. The summed E-state index contributed by atoms with van der Waals surface area (Å²) in [7, 11) is 7.44. The number of carbonyl (C=O) groups is 2. The fraction of sp³-hybridized carbons (Fsp3) is 0.261. The van der Waals surface area contributed by atoms with Crippen molar-refractivity contribution in [2.45, 2.75) is 6.23 Å². The summed E-state index contributed by atoms with van der Waals surface area (Å²) < 4.78 is 32.4. The number of ether oxygens (including phenoxy) is 6. The van der Waals surface area contributed by atoms with E-state index in [-0.39, 0.29) is 15.6 Å². The second kappa shape index (κ2) is 10.0. The average molecular weight is 519 g/mol. The van der Waals surface area contributed by atoms with E-state index in [0.717, 1.165) is 11.8 Å². The number of cyclic esters (lactones) is 1. The first-order valence-electron chi connectivity index (χ1n) is 10.2. The lowest BCUT2D eigenvalue weighted by molar-refractivity contribution is -0.126. The van der Waals surface area contributed by atoms with Gasteiger partial charge >= 0.3 is 5.97 Å². The van der Waals surface area contributed by atoms with Crippen LogP contribution in [0.15, 0.2) is 29.2 Å². The number of thiocarbonyl (C=S) groups is 1. The molecule has 184 valence electrons. The third-order valence-corrected chi connectivity index (χ3v) is 6.62. The van der Waals surface area contributed by atoms with Crippen LogP contribution in [0.2, 0.25) is 0 Å². The van der Waals surface area contributed by atoms with Crippen molar-refractivity contribution in [1.29, 1.82) is 0 Å². The lowest BCUT2D eigenvalue weighted by Gasteiger charge is -2.21.